The molecule has 0 saturated carbocycles. The minimum absolute atomic E-state index is 0.222. The van der Waals surface area contributed by atoms with Gasteiger partial charge >= 0.3 is 0 Å². The zero-order valence-corrected chi connectivity index (χ0v) is 12.4. The molecule has 19 heavy (non-hydrogen) atoms. The highest BCUT2D eigenvalue weighted by Crippen LogP contribution is 2.19. The highest BCUT2D eigenvalue weighted by Gasteiger charge is 2.04. The molecule has 3 nitrogen and oxygen atoms in total. The number of pyridine rings is 1. The third kappa shape index (κ3) is 4.33. The highest BCUT2D eigenvalue weighted by atomic mass is 79.9. The Morgan fingerprint density at radius 2 is 1.89 bits per heavy atom. The van der Waals surface area contributed by atoms with Crippen LogP contribution in [0, 0.1) is 6.92 Å². The highest BCUT2D eigenvalue weighted by molar-refractivity contribution is 9.08. The van der Waals surface area contributed by atoms with Crippen molar-refractivity contribution in [1.29, 1.82) is 0 Å². The van der Waals surface area contributed by atoms with E-state index in [-0.39, 0.29) is 6.79 Å². The van der Waals surface area contributed by atoms with Gasteiger partial charge < -0.3 is 9.47 Å². The molecule has 0 aliphatic carbocycles. The zero-order valence-electron chi connectivity index (χ0n) is 10.8. The van der Waals surface area contributed by atoms with Crippen LogP contribution in [0.4, 0.5) is 0 Å². The molecular weight excluding hydrogens is 306 g/mol. The lowest BCUT2D eigenvalue weighted by molar-refractivity contribution is 0.00441. The molecule has 0 amide bonds. The summed E-state index contributed by atoms with van der Waals surface area (Å²) in [4.78, 5) is 4.40. The van der Waals surface area contributed by atoms with Crippen LogP contribution < -0.4 is 4.74 Å². The Hall–Kier alpha value is -1.39. The van der Waals surface area contributed by atoms with Crippen molar-refractivity contribution in [2.24, 2.45) is 0 Å². The summed E-state index contributed by atoms with van der Waals surface area (Å²) < 4.78 is 11.1. The van der Waals surface area contributed by atoms with E-state index in [1.165, 1.54) is 0 Å². The Bertz CT molecular complexity index is 517. The second-order valence-corrected chi connectivity index (χ2v) is 4.69. The van der Waals surface area contributed by atoms with E-state index in [0.29, 0.717) is 11.9 Å². The first kappa shape index (κ1) is 14.0. The Kier molecular flexibility index (Phi) is 5.36. The molecule has 0 bridgehead atoms. The van der Waals surface area contributed by atoms with Crippen LogP contribution in [0.1, 0.15) is 17.0 Å². The molecule has 0 spiro atoms. The number of alkyl halides is 1. The van der Waals surface area contributed by atoms with Crippen LogP contribution in [-0.2, 0) is 16.7 Å². The number of hydrogen-bond donors (Lipinski definition) is 0. The fraction of sp³-hybridized carbons (Fsp3) is 0.267. The predicted molar refractivity (Wildman–Crippen MR) is 78.3 cm³/mol. The Morgan fingerprint density at radius 3 is 2.63 bits per heavy atom. The predicted octanol–water partition coefficient (Wildman–Crippen LogP) is 3.84. The third-order valence-electron chi connectivity index (χ3n) is 2.61. The van der Waals surface area contributed by atoms with Crippen molar-refractivity contribution in [3.8, 4) is 5.75 Å². The van der Waals surface area contributed by atoms with Gasteiger partial charge in [0.2, 0.25) is 0 Å². The summed E-state index contributed by atoms with van der Waals surface area (Å²) in [5.74, 6) is 0.760. The maximum Gasteiger partial charge on any atom is 0.189 e. The van der Waals surface area contributed by atoms with Gasteiger partial charge in [-0.05, 0) is 24.6 Å². The first-order valence-electron chi connectivity index (χ1n) is 6.06. The normalized spacial score (nSPS) is 10.4. The average molecular weight is 322 g/mol. The van der Waals surface area contributed by atoms with Gasteiger partial charge in [0.1, 0.15) is 5.75 Å². The van der Waals surface area contributed by atoms with Crippen LogP contribution >= 0.6 is 15.9 Å². The molecule has 1 heterocycles. The fourth-order valence-electron chi connectivity index (χ4n) is 1.66. The van der Waals surface area contributed by atoms with Crippen LogP contribution in [0.3, 0.4) is 0 Å². The van der Waals surface area contributed by atoms with Crippen molar-refractivity contribution in [3.05, 3.63) is 59.4 Å². The maximum atomic E-state index is 5.59. The Labute approximate surface area is 121 Å². The van der Waals surface area contributed by atoms with Gasteiger partial charge in [-0.15, -0.1) is 0 Å². The van der Waals surface area contributed by atoms with Gasteiger partial charge in [0.15, 0.2) is 6.79 Å². The SMILES string of the molecule is Cc1ccc(OCOCc2ccccc2)c(CBr)n1. The lowest BCUT2D eigenvalue weighted by atomic mass is 10.2. The zero-order chi connectivity index (χ0) is 13.5. The molecule has 0 aliphatic heterocycles. The summed E-state index contributed by atoms with van der Waals surface area (Å²) in [6.45, 7) is 2.73. The van der Waals surface area contributed by atoms with Crippen molar-refractivity contribution >= 4 is 15.9 Å². The summed E-state index contributed by atoms with van der Waals surface area (Å²) in [6.07, 6.45) is 0. The summed E-state index contributed by atoms with van der Waals surface area (Å²) in [6, 6.07) is 13.9. The molecule has 0 saturated heterocycles. The number of nitrogens with zero attached hydrogens (tertiary/aromatic N) is 1. The summed E-state index contributed by atoms with van der Waals surface area (Å²) in [5.41, 5.74) is 3.00. The van der Waals surface area contributed by atoms with Crippen molar-refractivity contribution in [2.75, 3.05) is 6.79 Å². The number of ether oxygens (including phenoxy) is 2. The van der Waals surface area contributed by atoms with E-state index in [0.717, 1.165) is 22.7 Å². The first-order valence-corrected chi connectivity index (χ1v) is 7.18. The summed E-state index contributed by atoms with van der Waals surface area (Å²) in [7, 11) is 0. The van der Waals surface area contributed by atoms with E-state index >= 15 is 0 Å². The van der Waals surface area contributed by atoms with E-state index in [1.54, 1.807) is 0 Å². The molecule has 100 valence electrons. The van der Waals surface area contributed by atoms with E-state index in [4.69, 9.17) is 9.47 Å². The topological polar surface area (TPSA) is 31.4 Å². The van der Waals surface area contributed by atoms with Crippen LogP contribution in [0.15, 0.2) is 42.5 Å². The van der Waals surface area contributed by atoms with Crippen molar-refractivity contribution in [2.45, 2.75) is 18.9 Å². The van der Waals surface area contributed by atoms with E-state index in [1.807, 2.05) is 49.4 Å². The quantitative estimate of drug-likeness (QED) is 0.460. The van der Waals surface area contributed by atoms with Crippen molar-refractivity contribution in [3.63, 3.8) is 0 Å². The molecule has 0 N–H and O–H groups in total. The van der Waals surface area contributed by atoms with Crippen LogP contribution in [0.2, 0.25) is 0 Å². The van der Waals surface area contributed by atoms with Crippen molar-refractivity contribution < 1.29 is 9.47 Å². The van der Waals surface area contributed by atoms with E-state index in [9.17, 15) is 0 Å². The van der Waals surface area contributed by atoms with Gasteiger partial charge in [-0.3, -0.25) is 4.98 Å². The Balaban J connectivity index is 1.83. The number of benzene rings is 1. The molecule has 2 rings (SSSR count). The lowest BCUT2D eigenvalue weighted by Gasteiger charge is -2.10. The minimum atomic E-state index is 0.222. The van der Waals surface area contributed by atoms with Gasteiger partial charge in [0, 0.05) is 11.0 Å². The standard InChI is InChI=1S/C15H16BrNO2/c1-12-7-8-15(14(9-16)17-12)19-11-18-10-13-5-3-2-4-6-13/h2-8H,9-11H2,1H3. The third-order valence-corrected chi connectivity index (χ3v) is 3.14. The molecule has 0 fully saturated rings. The number of hydrogen-bond acceptors (Lipinski definition) is 3. The molecule has 2 aromatic rings. The fourth-order valence-corrected chi connectivity index (χ4v) is 2.07. The van der Waals surface area contributed by atoms with Gasteiger partial charge in [-0.2, -0.15) is 0 Å². The molecule has 0 radical (unpaired) electrons. The minimum Gasteiger partial charge on any atom is -0.466 e. The molecule has 0 aliphatic rings. The number of aromatic nitrogens is 1. The van der Waals surface area contributed by atoms with Crippen LogP contribution in [-0.4, -0.2) is 11.8 Å². The molecule has 1 aromatic heterocycles. The molecule has 1 aromatic carbocycles. The van der Waals surface area contributed by atoms with Gasteiger partial charge in [-0.1, -0.05) is 46.3 Å². The molecular formula is C15H16BrNO2. The second kappa shape index (κ2) is 7.26. The number of aryl methyl sites for hydroxylation is 1. The smallest absolute Gasteiger partial charge is 0.189 e. The van der Waals surface area contributed by atoms with Gasteiger partial charge in [-0.25, -0.2) is 0 Å². The lowest BCUT2D eigenvalue weighted by Crippen LogP contribution is -2.05. The average Bonchev–Trinajstić information content (AvgIpc) is 2.46. The largest absolute Gasteiger partial charge is 0.466 e. The summed E-state index contributed by atoms with van der Waals surface area (Å²) >= 11 is 3.40. The van der Waals surface area contributed by atoms with Crippen LogP contribution in [0.25, 0.3) is 0 Å². The van der Waals surface area contributed by atoms with E-state index < -0.39 is 0 Å². The van der Waals surface area contributed by atoms with Crippen molar-refractivity contribution in [1.82, 2.24) is 4.98 Å². The molecule has 0 atom stereocenters. The number of halogens is 1. The summed E-state index contributed by atoms with van der Waals surface area (Å²) in [5, 5.41) is 0.669. The first-order chi connectivity index (χ1) is 9.29. The van der Waals surface area contributed by atoms with E-state index in [2.05, 4.69) is 20.9 Å². The molecule has 0 unspecified atom stereocenters. The number of rotatable bonds is 6. The Morgan fingerprint density at radius 1 is 1.11 bits per heavy atom. The van der Waals surface area contributed by atoms with Gasteiger partial charge in [0.05, 0.1) is 12.3 Å². The monoisotopic (exact) mass is 321 g/mol. The van der Waals surface area contributed by atoms with Crippen LogP contribution in [0.5, 0.6) is 5.75 Å². The maximum absolute atomic E-state index is 5.59. The van der Waals surface area contributed by atoms with Gasteiger partial charge in [0.25, 0.3) is 0 Å². The molecule has 4 heteroatoms. The second-order valence-electron chi connectivity index (χ2n) is 4.13.